The number of carbonyl (C=O) groups is 3. The van der Waals surface area contributed by atoms with Crippen LogP contribution in [-0.2, 0) is 28.6 Å². The highest BCUT2D eigenvalue weighted by Crippen LogP contribution is 2.13. The lowest BCUT2D eigenvalue weighted by atomic mass is 10.1. The molecular formula is C59H96O6. The van der Waals surface area contributed by atoms with Gasteiger partial charge in [0, 0.05) is 12.8 Å². The van der Waals surface area contributed by atoms with Gasteiger partial charge < -0.3 is 14.2 Å². The van der Waals surface area contributed by atoms with Crippen LogP contribution in [0, 0.1) is 0 Å². The molecule has 0 amide bonds. The van der Waals surface area contributed by atoms with Crippen molar-refractivity contribution >= 4 is 17.9 Å². The first-order valence-electron chi connectivity index (χ1n) is 26.4. The molecule has 0 fully saturated rings. The van der Waals surface area contributed by atoms with Crippen LogP contribution < -0.4 is 0 Å². The molecule has 0 N–H and O–H groups in total. The normalized spacial score (nSPS) is 13.0. The Balaban J connectivity index is 4.43. The average Bonchev–Trinajstić information content (AvgIpc) is 3.30. The van der Waals surface area contributed by atoms with E-state index in [1.807, 2.05) is 6.08 Å². The molecule has 6 heteroatoms. The summed E-state index contributed by atoms with van der Waals surface area (Å²) < 4.78 is 16.6. The molecule has 0 aliphatic heterocycles. The van der Waals surface area contributed by atoms with Gasteiger partial charge in [-0.25, -0.2) is 0 Å². The molecule has 0 aromatic heterocycles. The fourth-order valence-electron chi connectivity index (χ4n) is 6.88. The Labute approximate surface area is 400 Å². The van der Waals surface area contributed by atoms with Crippen LogP contribution in [0.4, 0.5) is 0 Å². The summed E-state index contributed by atoms with van der Waals surface area (Å²) in [5.41, 5.74) is 0. The van der Waals surface area contributed by atoms with Crippen molar-refractivity contribution in [2.75, 3.05) is 13.2 Å². The van der Waals surface area contributed by atoms with Gasteiger partial charge in [0.05, 0.1) is 6.42 Å². The van der Waals surface area contributed by atoms with Crippen LogP contribution in [0.3, 0.4) is 0 Å². The van der Waals surface area contributed by atoms with Gasteiger partial charge in [-0.3, -0.25) is 14.4 Å². The van der Waals surface area contributed by atoms with Crippen molar-refractivity contribution in [2.45, 2.75) is 232 Å². The number of esters is 3. The lowest BCUT2D eigenvalue weighted by Gasteiger charge is -2.18. The second-order valence-electron chi connectivity index (χ2n) is 17.0. The van der Waals surface area contributed by atoms with Crippen molar-refractivity contribution in [1.82, 2.24) is 0 Å². The molecule has 0 aromatic rings. The predicted octanol–water partition coefficient (Wildman–Crippen LogP) is 17.5. The summed E-state index contributed by atoms with van der Waals surface area (Å²) in [4.78, 5) is 37.9. The number of rotatable bonds is 46. The average molecular weight is 901 g/mol. The molecule has 0 aliphatic carbocycles. The van der Waals surface area contributed by atoms with Gasteiger partial charge in [-0.2, -0.15) is 0 Å². The Morgan fingerprint density at radius 3 is 1.11 bits per heavy atom. The molecule has 368 valence electrons. The Kier molecular flexibility index (Phi) is 49.5. The van der Waals surface area contributed by atoms with E-state index < -0.39 is 12.1 Å². The number of hydrogen-bond donors (Lipinski definition) is 0. The number of hydrogen-bond acceptors (Lipinski definition) is 6. The summed E-state index contributed by atoms with van der Waals surface area (Å²) in [6.07, 6.45) is 71.2. The quantitative estimate of drug-likeness (QED) is 0.0262. The van der Waals surface area contributed by atoms with Gasteiger partial charge in [0.1, 0.15) is 13.2 Å². The first-order chi connectivity index (χ1) is 32.0. The lowest BCUT2D eigenvalue weighted by molar-refractivity contribution is -0.166. The largest absolute Gasteiger partial charge is 0.462 e. The first-order valence-corrected chi connectivity index (χ1v) is 26.4. The highest BCUT2D eigenvalue weighted by atomic mass is 16.6. The highest BCUT2D eigenvalue weighted by Gasteiger charge is 2.19. The fraction of sp³-hybridized carbons (Fsp3) is 0.644. The number of carbonyl (C=O) groups excluding carboxylic acids is 3. The van der Waals surface area contributed by atoms with E-state index in [4.69, 9.17) is 14.2 Å². The molecule has 0 spiro atoms. The van der Waals surface area contributed by atoms with Crippen molar-refractivity contribution < 1.29 is 28.6 Å². The van der Waals surface area contributed by atoms with Gasteiger partial charge >= 0.3 is 17.9 Å². The third-order valence-corrected chi connectivity index (χ3v) is 10.8. The van der Waals surface area contributed by atoms with Gasteiger partial charge in [-0.05, 0) is 103 Å². The molecule has 1 unspecified atom stereocenters. The smallest absolute Gasteiger partial charge is 0.309 e. The van der Waals surface area contributed by atoms with E-state index >= 15 is 0 Å². The van der Waals surface area contributed by atoms with Gasteiger partial charge in [-0.15, -0.1) is 0 Å². The van der Waals surface area contributed by atoms with Crippen LogP contribution in [0.2, 0.25) is 0 Å². The van der Waals surface area contributed by atoms with Crippen molar-refractivity contribution in [1.29, 1.82) is 0 Å². The summed E-state index contributed by atoms with van der Waals surface area (Å²) in [5, 5.41) is 0. The second-order valence-corrected chi connectivity index (χ2v) is 17.0. The van der Waals surface area contributed by atoms with Crippen LogP contribution in [0.15, 0.2) is 109 Å². The van der Waals surface area contributed by atoms with Crippen molar-refractivity contribution in [3.05, 3.63) is 109 Å². The molecule has 0 aromatic carbocycles. The molecule has 0 rings (SSSR count). The monoisotopic (exact) mass is 901 g/mol. The van der Waals surface area contributed by atoms with Crippen LogP contribution in [-0.4, -0.2) is 37.2 Å². The van der Waals surface area contributed by atoms with Gasteiger partial charge in [0.25, 0.3) is 0 Å². The number of ether oxygens (including phenoxy) is 3. The maximum Gasteiger partial charge on any atom is 0.309 e. The first kappa shape index (κ1) is 61.1. The minimum Gasteiger partial charge on any atom is -0.462 e. The summed E-state index contributed by atoms with van der Waals surface area (Å²) in [6.45, 7) is 6.27. The Morgan fingerprint density at radius 1 is 0.338 bits per heavy atom. The molecule has 0 saturated heterocycles. The molecule has 65 heavy (non-hydrogen) atoms. The molecule has 6 nitrogen and oxygen atoms in total. The highest BCUT2D eigenvalue weighted by molar-refractivity contribution is 5.72. The molecule has 0 heterocycles. The van der Waals surface area contributed by atoms with Crippen LogP contribution in [0.5, 0.6) is 0 Å². The molecule has 0 saturated carbocycles. The SMILES string of the molecule is CC/C=C\C/C=C\C/C=C\C/C=C\C/C=C\CCCCCC(=O)OCC(COC(=O)C/C=C\C/C=C\C/C=C\CC)OC(=O)CCCCCCCCC/C=C\CCCCCCCCCC. The summed E-state index contributed by atoms with van der Waals surface area (Å²) >= 11 is 0. The second kappa shape index (κ2) is 52.7. The number of unbranched alkanes of at least 4 members (excludes halogenated alkanes) is 18. The number of allylic oxidation sites excluding steroid dienone is 17. The zero-order valence-corrected chi connectivity index (χ0v) is 42.0. The molecule has 0 bridgehead atoms. The summed E-state index contributed by atoms with van der Waals surface area (Å²) in [5.74, 6) is -1.09. The molecular weight excluding hydrogens is 805 g/mol. The van der Waals surface area contributed by atoms with Crippen molar-refractivity contribution in [2.24, 2.45) is 0 Å². The predicted molar refractivity (Wildman–Crippen MR) is 279 cm³/mol. The summed E-state index contributed by atoms with van der Waals surface area (Å²) in [7, 11) is 0. The van der Waals surface area contributed by atoms with E-state index in [2.05, 4.69) is 118 Å². The molecule has 0 radical (unpaired) electrons. The van der Waals surface area contributed by atoms with E-state index in [-0.39, 0.29) is 31.6 Å². The van der Waals surface area contributed by atoms with Crippen molar-refractivity contribution in [3.8, 4) is 0 Å². The third-order valence-electron chi connectivity index (χ3n) is 10.8. The maximum absolute atomic E-state index is 12.8. The third kappa shape index (κ3) is 50.9. The van der Waals surface area contributed by atoms with Gasteiger partial charge in [0.15, 0.2) is 6.10 Å². The van der Waals surface area contributed by atoms with E-state index in [0.717, 1.165) is 96.3 Å². The van der Waals surface area contributed by atoms with E-state index in [0.29, 0.717) is 12.8 Å². The van der Waals surface area contributed by atoms with Gasteiger partial charge in [0.2, 0.25) is 0 Å². The zero-order chi connectivity index (χ0) is 47.2. The Hall–Kier alpha value is -3.93. The summed E-state index contributed by atoms with van der Waals surface area (Å²) in [6, 6.07) is 0. The maximum atomic E-state index is 12.8. The van der Waals surface area contributed by atoms with E-state index in [9.17, 15) is 14.4 Å². The molecule has 1 atom stereocenters. The van der Waals surface area contributed by atoms with Crippen LogP contribution >= 0.6 is 0 Å². The van der Waals surface area contributed by atoms with E-state index in [1.54, 1.807) is 6.08 Å². The minimum atomic E-state index is -0.830. The lowest BCUT2D eigenvalue weighted by Crippen LogP contribution is -2.30. The van der Waals surface area contributed by atoms with Crippen LogP contribution in [0.25, 0.3) is 0 Å². The fourth-order valence-corrected chi connectivity index (χ4v) is 6.88. The Bertz CT molecular complexity index is 1360. The van der Waals surface area contributed by atoms with E-state index in [1.165, 1.54) is 89.9 Å². The zero-order valence-electron chi connectivity index (χ0n) is 42.0. The Morgan fingerprint density at radius 2 is 0.662 bits per heavy atom. The standard InChI is InChI=1S/C59H96O6/c1-4-7-10-13-16-19-21-23-25-27-29-31-33-35-37-40-43-46-49-52-58(61)64-55-56(54-63-57(60)51-48-45-42-39-18-15-12-9-6-3)65-59(62)53-50-47-44-41-38-36-34-32-30-28-26-24-22-20-17-14-11-8-5-2/h7,9-10,12,16,18-19,23,25,28-31,35,37,39,45,48,56H,4-6,8,11,13-15,17,20-22,24,26-27,32-34,36,38,40-44,46-47,49-55H2,1-3H3/b10-7-,12-9-,19-16-,25-23-,30-28-,31-29-,37-35-,39-18-,48-45-. The van der Waals surface area contributed by atoms with Gasteiger partial charge in [-0.1, -0.05) is 214 Å². The minimum absolute atomic E-state index is 0.125. The topological polar surface area (TPSA) is 78.9 Å². The van der Waals surface area contributed by atoms with Crippen LogP contribution in [0.1, 0.15) is 226 Å². The molecule has 0 aliphatic rings. The van der Waals surface area contributed by atoms with Crippen molar-refractivity contribution in [3.63, 3.8) is 0 Å².